The van der Waals surface area contributed by atoms with Gasteiger partial charge in [0.05, 0.1) is 19.3 Å². The van der Waals surface area contributed by atoms with Gasteiger partial charge in [0.15, 0.2) is 0 Å². The van der Waals surface area contributed by atoms with Gasteiger partial charge in [-0.05, 0) is 102 Å². The first-order chi connectivity index (χ1) is 26.7. The number of carbonyl (C=O) groups is 2. The van der Waals surface area contributed by atoms with Crippen LogP contribution in [0.25, 0.3) is 0 Å². The lowest BCUT2D eigenvalue weighted by Gasteiger charge is -2.37. The van der Waals surface area contributed by atoms with Crippen LogP contribution in [0.3, 0.4) is 0 Å². The van der Waals surface area contributed by atoms with Gasteiger partial charge in [-0.2, -0.15) is 0 Å². The van der Waals surface area contributed by atoms with E-state index in [2.05, 4.69) is 71.3 Å². The summed E-state index contributed by atoms with van der Waals surface area (Å²) < 4.78 is 18.8. The molecule has 0 aromatic heterocycles. The summed E-state index contributed by atoms with van der Waals surface area (Å²) in [5, 5.41) is 16.5. The Hall–Kier alpha value is -5.15. The highest BCUT2D eigenvalue weighted by Crippen LogP contribution is 2.38. The second kappa shape index (κ2) is 20.5. The first-order valence-electron chi connectivity index (χ1n) is 19.2. The van der Waals surface area contributed by atoms with Crippen LogP contribution in [0.1, 0.15) is 73.3 Å². The lowest BCUT2D eigenvalue weighted by Crippen LogP contribution is -2.45. The lowest BCUT2D eigenvalue weighted by atomic mass is 9.77. The minimum absolute atomic E-state index is 0.0566. The summed E-state index contributed by atoms with van der Waals surface area (Å²) in [6.45, 7) is 2.66. The Labute approximate surface area is 325 Å². The quantitative estimate of drug-likeness (QED) is 0.0443. The number of halogens is 1. The summed E-state index contributed by atoms with van der Waals surface area (Å²) in [4.78, 5) is 26.9. The first kappa shape index (κ1) is 41.0. The molecule has 0 saturated heterocycles. The number of methoxy groups -OCH3 is 1. The normalized spacial score (nSPS) is 13.1. The fourth-order valence-electron chi connectivity index (χ4n) is 7.37. The number of nitrogens with two attached hydrogens (primary N) is 1. The molecule has 1 unspecified atom stereocenters. The zero-order valence-electron chi connectivity index (χ0n) is 31.9. The minimum Gasteiger partial charge on any atom is -0.497 e. The highest BCUT2D eigenvalue weighted by atomic mass is 19.1. The van der Waals surface area contributed by atoms with E-state index in [1.807, 2.05) is 31.2 Å². The highest BCUT2D eigenvalue weighted by Gasteiger charge is 2.36. The Morgan fingerprint density at radius 1 is 0.764 bits per heavy atom. The van der Waals surface area contributed by atoms with Crippen LogP contribution in [0.2, 0.25) is 0 Å². The molecule has 5 rings (SSSR count). The molecule has 0 saturated carbocycles. The van der Waals surface area contributed by atoms with Crippen molar-refractivity contribution in [1.82, 2.24) is 5.32 Å². The van der Waals surface area contributed by atoms with Crippen LogP contribution in [0, 0.1) is 17.7 Å². The Morgan fingerprint density at radius 3 is 1.93 bits per heavy atom. The molecule has 0 bridgehead atoms. The van der Waals surface area contributed by atoms with E-state index in [1.165, 1.54) is 12.1 Å². The molecule has 5 N–H and O–H groups in total. The van der Waals surface area contributed by atoms with E-state index >= 15 is 0 Å². The summed E-state index contributed by atoms with van der Waals surface area (Å²) in [5.41, 5.74) is 11.3. The number of Topliss-reactive ketones (excluding diaryl/α,β-unsaturated/α-hetero) is 1. The number of ether oxygens (including phenoxy) is 1. The Balaban J connectivity index is 1.27. The lowest BCUT2D eigenvalue weighted by molar-refractivity contribution is -0.123. The number of carbonyl (C=O) groups excluding carboxylic acids is 2. The number of hydrogen-bond acceptors (Lipinski definition) is 6. The minimum atomic E-state index is -0.627. The van der Waals surface area contributed by atoms with Gasteiger partial charge in [-0.25, -0.2) is 4.39 Å². The number of rotatable bonds is 21. The predicted molar refractivity (Wildman–Crippen MR) is 218 cm³/mol. The van der Waals surface area contributed by atoms with Gasteiger partial charge in [-0.1, -0.05) is 110 Å². The van der Waals surface area contributed by atoms with Crippen molar-refractivity contribution in [2.45, 2.75) is 70.1 Å². The average Bonchev–Trinajstić information content (AvgIpc) is 3.21. The van der Waals surface area contributed by atoms with Crippen LogP contribution < -0.4 is 21.1 Å². The predicted octanol–water partition coefficient (Wildman–Crippen LogP) is 8.58. The molecule has 0 heterocycles. The molecule has 288 valence electrons. The van der Waals surface area contributed by atoms with E-state index in [4.69, 9.17) is 10.5 Å². The number of hydrogen-bond donors (Lipinski definition) is 4. The number of amides is 1. The van der Waals surface area contributed by atoms with E-state index in [9.17, 15) is 19.1 Å². The van der Waals surface area contributed by atoms with Crippen LogP contribution in [0.4, 0.5) is 10.1 Å². The number of ketones is 1. The van der Waals surface area contributed by atoms with Crippen LogP contribution in [0.5, 0.6) is 5.75 Å². The molecule has 55 heavy (non-hydrogen) atoms. The summed E-state index contributed by atoms with van der Waals surface area (Å²) >= 11 is 0. The van der Waals surface area contributed by atoms with E-state index < -0.39 is 5.54 Å². The van der Waals surface area contributed by atoms with Crippen molar-refractivity contribution in [3.63, 3.8) is 0 Å². The molecule has 7 nitrogen and oxygen atoms in total. The maximum absolute atomic E-state index is 13.9. The number of anilines is 1. The fourth-order valence-corrected chi connectivity index (χ4v) is 7.37. The van der Waals surface area contributed by atoms with Gasteiger partial charge >= 0.3 is 0 Å². The number of aliphatic hydroxyl groups is 1. The maximum Gasteiger partial charge on any atom is 0.227 e. The molecular formula is C47H54FN3O4. The molecule has 3 atom stereocenters. The highest BCUT2D eigenvalue weighted by molar-refractivity contribution is 5.92. The van der Waals surface area contributed by atoms with Gasteiger partial charge in [-0.3, -0.25) is 14.9 Å². The molecule has 0 aliphatic heterocycles. The second-order valence-electron chi connectivity index (χ2n) is 14.4. The summed E-state index contributed by atoms with van der Waals surface area (Å²) in [7, 11) is 1.67. The third kappa shape index (κ3) is 11.4. The van der Waals surface area contributed by atoms with Crippen molar-refractivity contribution < 1.29 is 23.8 Å². The molecule has 5 aromatic rings. The maximum atomic E-state index is 13.9. The molecule has 5 aromatic carbocycles. The van der Waals surface area contributed by atoms with Gasteiger partial charge in [0, 0.05) is 30.5 Å². The number of unbranched alkanes of at least 4 members (excludes halogenated alkanes) is 1. The largest absolute Gasteiger partial charge is 0.497 e. The van der Waals surface area contributed by atoms with Gasteiger partial charge in [0.2, 0.25) is 5.91 Å². The molecule has 8 heteroatoms. The van der Waals surface area contributed by atoms with E-state index in [0.29, 0.717) is 37.9 Å². The van der Waals surface area contributed by atoms with Crippen molar-refractivity contribution in [2.24, 2.45) is 17.6 Å². The monoisotopic (exact) mass is 743 g/mol. The Kier molecular flexibility index (Phi) is 15.3. The molecule has 0 aliphatic rings. The van der Waals surface area contributed by atoms with E-state index in [0.717, 1.165) is 46.4 Å². The summed E-state index contributed by atoms with van der Waals surface area (Å²) in [6, 6.07) is 42.1. The van der Waals surface area contributed by atoms with Gasteiger partial charge in [-0.15, -0.1) is 0 Å². The smallest absolute Gasteiger partial charge is 0.227 e. The second-order valence-corrected chi connectivity index (χ2v) is 14.4. The van der Waals surface area contributed by atoms with E-state index in [1.54, 1.807) is 43.5 Å². The zero-order valence-corrected chi connectivity index (χ0v) is 31.9. The number of aliphatic hydroxyl groups excluding tert-OH is 1. The first-order valence-corrected chi connectivity index (χ1v) is 19.2. The Bertz CT molecular complexity index is 1860. The SMILES string of the molecule is COc1ccc(C(NCCCC[C@@H](C(=O)Nc2ccc(CO)cc2)C(C)CCC(=O)C[C@@H](N)Cc2ccc(F)cc2)(c2ccccc2)c2ccccc2)cc1. The van der Waals surface area contributed by atoms with Crippen molar-refractivity contribution in [1.29, 1.82) is 0 Å². The van der Waals surface area contributed by atoms with Gasteiger partial charge < -0.3 is 20.9 Å². The number of benzene rings is 5. The van der Waals surface area contributed by atoms with E-state index in [-0.39, 0.29) is 48.4 Å². The fraction of sp³-hybridized carbons (Fsp3) is 0.319. The van der Waals surface area contributed by atoms with Crippen LogP contribution in [0.15, 0.2) is 133 Å². The zero-order chi connectivity index (χ0) is 39.0. The molecule has 0 aliphatic carbocycles. The van der Waals surface area contributed by atoms with Crippen molar-refractivity contribution in [3.05, 3.63) is 167 Å². The van der Waals surface area contributed by atoms with Crippen molar-refractivity contribution in [3.8, 4) is 5.75 Å². The van der Waals surface area contributed by atoms with Crippen molar-refractivity contribution >= 4 is 17.4 Å². The number of nitrogens with one attached hydrogen (secondary N) is 2. The molecule has 0 spiro atoms. The summed E-state index contributed by atoms with van der Waals surface area (Å²) in [6.07, 6.45) is 3.85. The third-order valence-corrected chi connectivity index (χ3v) is 10.5. The third-order valence-electron chi connectivity index (χ3n) is 10.5. The van der Waals surface area contributed by atoms with Gasteiger partial charge in [0.25, 0.3) is 0 Å². The molecule has 0 fully saturated rings. The van der Waals surface area contributed by atoms with Crippen molar-refractivity contribution in [2.75, 3.05) is 19.0 Å². The van der Waals surface area contributed by atoms with Crippen LogP contribution >= 0.6 is 0 Å². The van der Waals surface area contributed by atoms with Gasteiger partial charge in [0.1, 0.15) is 17.3 Å². The topological polar surface area (TPSA) is 114 Å². The standard InChI is InChI=1S/C47H54FN3O4/c1-34(16-27-43(53)32-41(49)31-35-17-23-40(48)24-18-35)45(46(54)51-42-25-19-36(33-52)20-26-42)15-9-10-30-50-47(37-11-5-3-6-12-37,38-13-7-4-8-14-38)39-21-28-44(55-2)29-22-39/h3-8,11-14,17-26,28-29,34,41,45,50,52H,9-10,15-16,27,30-33,49H2,1-2H3,(H,51,54)/t34?,41-,45+/m0/s1. The summed E-state index contributed by atoms with van der Waals surface area (Å²) in [5.74, 6) is 0.0678. The van der Waals surface area contributed by atoms with Crippen LogP contribution in [-0.2, 0) is 28.2 Å². The molecular weight excluding hydrogens is 690 g/mol. The molecule has 0 radical (unpaired) electrons. The molecule has 1 amide bonds. The average molecular weight is 744 g/mol. The van der Waals surface area contributed by atoms with Crippen LogP contribution in [-0.4, -0.2) is 36.5 Å². The Morgan fingerprint density at radius 2 is 1.35 bits per heavy atom.